The highest BCUT2D eigenvalue weighted by Crippen LogP contribution is 2.70. The van der Waals surface area contributed by atoms with Crippen LogP contribution in [0.3, 0.4) is 0 Å². The number of anilines is 1. The summed E-state index contributed by atoms with van der Waals surface area (Å²) in [4.78, 5) is 4.30. The molecule has 8 nitrogen and oxygen atoms in total. The molecule has 0 aliphatic carbocycles. The van der Waals surface area contributed by atoms with Gasteiger partial charge in [-0.2, -0.15) is 0 Å². The topological polar surface area (TPSA) is 96.0 Å². The highest BCUT2D eigenvalue weighted by molar-refractivity contribution is 7.72. The Morgan fingerprint density at radius 1 is 0.920 bits per heavy atom. The molecule has 0 atom stereocenters. The number of aryl methyl sites for hydroxylation is 1. The molecule has 1 rings (SSSR count). The number of hydrogen-bond acceptors (Lipinski definition) is 8. The van der Waals surface area contributed by atoms with Gasteiger partial charge in [0.2, 0.25) is 5.52 Å². The molecule has 10 heteroatoms. The SMILES string of the molecule is CCOP(=O)(OCC)C(Nc1cccc(C)n1)P(=O)(OCC)OCC. The molecule has 0 spiro atoms. The van der Waals surface area contributed by atoms with Gasteiger partial charge in [-0.25, -0.2) is 4.98 Å². The van der Waals surface area contributed by atoms with Crippen molar-refractivity contribution in [1.29, 1.82) is 0 Å². The summed E-state index contributed by atoms with van der Waals surface area (Å²) < 4.78 is 48.2. The molecule has 0 aromatic carbocycles. The second-order valence-electron chi connectivity index (χ2n) is 4.93. The molecular weight excluding hydrogens is 366 g/mol. The van der Waals surface area contributed by atoms with Crippen molar-refractivity contribution in [3.05, 3.63) is 23.9 Å². The molecule has 0 fully saturated rings. The first kappa shape index (κ1) is 22.3. The van der Waals surface area contributed by atoms with Gasteiger partial charge in [-0.1, -0.05) is 6.07 Å². The number of nitrogens with zero attached hydrogens (tertiary/aromatic N) is 1. The van der Waals surface area contributed by atoms with Gasteiger partial charge in [-0.05, 0) is 46.8 Å². The molecule has 0 bridgehead atoms. The van der Waals surface area contributed by atoms with E-state index >= 15 is 0 Å². The maximum absolute atomic E-state index is 13.3. The van der Waals surface area contributed by atoms with Gasteiger partial charge in [0, 0.05) is 5.69 Å². The molecule has 0 aliphatic heterocycles. The third-order valence-electron chi connectivity index (χ3n) is 3.00. The zero-order chi connectivity index (χ0) is 18.9. The van der Waals surface area contributed by atoms with Gasteiger partial charge in [0.05, 0.1) is 26.4 Å². The fourth-order valence-corrected chi connectivity index (χ4v) is 7.08. The van der Waals surface area contributed by atoms with E-state index in [1.807, 2.05) is 13.0 Å². The highest BCUT2D eigenvalue weighted by atomic mass is 31.2. The normalized spacial score (nSPS) is 12.6. The summed E-state index contributed by atoms with van der Waals surface area (Å²) in [5.74, 6) is 0.379. The quantitative estimate of drug-likeness (QED) is 0.513. The van der Waals surface area contributed by atoms with Gasteiger partial charge in [0.15, 0.2) is 0 Å². The number of hydrogen-bond donors (Lipinski definition) is 1. The van der Waals surface area contributed by atoms with E-state index in [1.54, 1.807) is 39.8 Å². The van der Waals surface area contributed by atoms with Crippen molar-refractivity contribution in [2.24, 2.45) is 0 Å². The average molecular weight is 394 g/mol. The molecule has 0 aliphatic rings. The summed E-state index contributed by atoms with van der Waals surface area (Å²) in [5, 5.41) is 2.90. The fourth-order valence-electron chi connectivity index (χ4n) is 2.16. The van der Waals surface area contributed by atoms with Crippen LogP contribution in [-0.4, -0.2) is 36.9 Å². The third kappa shape index (κ3) is 6.17. The molecule has 1 heterocycles. The van der Waals surface area contributed by atoms with Gasteiger partial charge in [0.1, 0.15) is 5.82 Å². The lowest BCUT2D eigenvalue weighted by Gasteiger charge is -2.32. The van der Waals surface area contributed by atoms with Crippen LogP contribution < -0.4 is 5.32 Å². The molecule has 1 aromatic rings. The molecule has 0 saturated heterocycles. The lowest BCUT2D eigenvalue weighted by molar-refractivity contribution is 0.198. The Hall–Kier alpha value is -0.750. The van der Waals surface area contributed by atoms with Crippen molar-refractivity contribution in [3.63, 3.8) is 0 Å². The van der Waals surface area contributed by atoms with Gasteiger partial charge >= 0.3 is 15.2 Å². The Labute approximate surface area is 149 Å². The minimum Gasteiger partial charge on any atom is -0.346 e. The van der Waals surface area contributed by atoms with Crippen LogP contribution in [0, 0.1) is 6.92 Å². The van der Waals surface area contributed by atoms with E-state index in [9.17, 15) is 9.13 Å². The summed E-state index contributed by atoms with van der Waals surface area (Å²) >= 11 is 0. The first-order chi connectivity index (χ1) is 11.8. The largest absolute Gasteiger partial charge is 0.365 e. The number of pyridine rings is 1. The maximum Gasteiger partial charge on any atom is 0.365 e. The summed E-state index contributed by atoms with van der Waals surface area (Å²) in [6.45, 7) is 9.02. The van der Waals surface area contributed by atoms with E-state index in [0.29, 0.717) is 5.82 Å². The number of aromatic nitrogens is 1. The first-order valence-electron chi connectivity index (χ1n) is 8.32. The van der Waals surface area contributed by atoms with Crippen molar-refractivity contribution >= 4 is 21.0 Å². The fraction of sp³-hybridized carbons (Fsp3) is 0.667. The smallest absolute Gasteiger partial charge is 0.346 e. The van der Waals surface area contributed by atoms with E-state index in [-0.39, 0.29) is 26.4 Å². The van der Waals surface area contributed by atoms with Crippen LogP contribution >= 0.6 is 15.2 Å². The van der Waals surface area contributed by atoms with Crippen molar-refractivity contribution < 1.29 is 27.2 Å². The average Bonchev–Trinajstić information content (AvgIpc) is 2.53. The van der Waals surface area contributed by atoms with Crippen LogP contribution in [0.2, 0.25) is 0 Å². The van der Waals surface area contributed by atoms with E-state index in [0.717, 1.165) is 5.69 Å². The second-order valence-corrected chi connectivity index (χ2v) is 9.57. The molecule has 144 valence electrons. The molecule has 0 radical (unpaired) electrons. The summed E-state index contributed by atoms with van der Waals surface area (Å²) in [6.07, 6.45) is 0. The van der Waals surface area contributed by atoms with Gasteiger partial charge in [-0.15, -0.1) is 0 Å². The summed E-state index contributed by atoms with van der Waals surface area (Å²) in [5.41, 5.74) is -0.580. The minimum atomic E-state index is -3.86. The molecule has 0 unspecified atom stereocenters. The lowest BCUT2D eigenvalue weighted by Crippen LogP contribution is -2.26. The Kier molecular flexibility index (Phi) is 9.28. The number of nitrogens with one attached hydrogen (secondary N) is 1. The van der Waals surface area contributed by atoms with Crippen LogP contribution in [0.5, 0.6) is 0 Å². The molecule has 1 aromatic heterocycles. The van der Waals surface area contributed by atoms with Gasteiger partial charge < -0.3 is 23.4 Å². The van der Waals surface area contributed by atoms with Crippen molar-refractivity contribution in [1.82, 2.24) is 4.98 Å². The maximum atomic E-state index is 13.3. The second kappa shape index (κ2) is 10.4. The molecular formula is C15H28N2O6P2. The predicted molar refractivity (Wildman–Crippen MR) is 98.1 cm³/mol. The summed E-state index contributed by atoms with van der Waals surface area (Å²) in [6, 6.07) is 5.26. The van der Waals surface area contributed by atoms with Crippen LogP contribution in [0.1, 0.15) is 33.4 Å². The van der Waals surface area contributed by atoms with Crippen LogP contribution in [0.25, 0.3) is 0 Å². The lowest BCUT2D eigenvalue weighted by atomic mass is 10.4. The Morgan fingerprint density at radius 2 is 1.36 bits per heavy atom. The van der Waals surface area contributed by atoms with E-state index in [1.165, 1.54) is 0 Å². The monoisotopic (exact) mass is 394 g/mol. The Balaban J connectivity index is 3.37. The standard InChI is InChI=1S/C15H28N2O6P2/c1-6-20-24(18,21-7-2)15(25(19,22-8-3)23-9-4)17-14-12-10-11-13(5)16-14/h10-12,15H,6-9H2,1-5H3,(H,16,17). The van der Waals surface area contributed by atoms with Gasteiger partial charge in [0.25, 0.3) is 0 Å². The van der Waals surface area contributed by atoms with Crippen LogP contribution in [0.4, 0.5) is 5.82 Å². The summed E-state index contributed by atoms with van der Waals surface area (Å²) in [7, 11) is -7.71. The predicted octanol–water partition coefficient (Wildman–Crippen LogP) is 4.62. The highest BCUT2D eigenvalue weighted by Gasteiger charge is 2.51. The third-order valence-corrected chi connectivity index (χ3v) is 8.63. The van der Waals surface area contributed by atoms with Gasteiger partial charge in [-0.3, -0.25) is 9.13 Å². The Bertz CT molecular complexity index is 578. The van der Waals surface area contributed by atoms with Crippen LogP contribution in [-0.2, 0) is 27.2 Å². The van der Waals surface area contributed by atoms with Crippen LogP contribution in [0.15, 0.2) is 18.2 Å². The molecule has 25 heavy (non-hydrogen) atoms. The van der Waals surface area contributed by atoms with E-state index in [2.05, 4.69) is 10.3 Å². The van der Waals surface area contributed by atoms with Crippen molar-refractivity contribution in [2.75, 3.05) is 31.7 Å². The molecule has 0 saturated carbocycles. The molecule has 1 N–H and O–H groups in total. The van der Waals surface area contributed by atoms with E-state index < -0.39 is 20.7 Å². The molecule has 0 amide bonds. The zero-order valence-electron chi connectivity index (χ0n) is 15.4. The number of rotatable bonds is 12. The Morgan fingerprint density at radius 3 is 1.72 bits per heavy atom. The van der Waals surface area contributed by atoms with Crippen molar-refractivity contribution in [3.8, 4) is 0 Å². The van der Waals surface area contributed by atoms with E-state index in [4.69, 9.17) is 18.1 Å². The minimum absolute atomic E-state index is 0.120. The first-order valence-corrected chi connectivity index (χ1v) is 11.5. The van der Waals surface area contributed by atoms with Crippen molar-refractivity contribution in [2.45, 2.75) is 40.1 Å². The zero-order valence-corrected chi connectivity index (χ0v) is 17.2.